The number of benzene rings is 2. The molecule has 1 N–H and O–H groups in total. The van der Waals surface area contributed by atoms with Gasteiger partial charge in [-0.2, -0.15) is 0 Å². The number of nitrogens with one attached hydrogen (secondary N) is 1. The van der Waals surface area contributed by atoms with Gasteiger partial charge in [0, 0.05) is 31.6 Å². The number of hydrogen-bond acceptors (Lipinski definition) is 6. The molecule has 29 heavy (non-hydrogen) atoms. The van der Waals surface area contributed by atoms with Gasteiger partial charge >= 0.3 is 0 Å². The fourth-order valence-electron chi connectivity index (χ4n) is 3.73. The summed E-state index contributed by atoms with van der Waals surface area (Å²) in [6, 6.07) is 14.8. The van der Waals surface area contributed by atoms with Crippen LogP contribution in [0.25, 0.3) is 0 Å². The van der Waals surface area contributed by atoms with E-state index in [0.29, 0.717) is 12.2 Å². The Morgan fingerprint density at radius 1 is 0.966 bits per heavy atom. The number of piperidine rings is 1. The van der Waals surface area contributed by atoms with E-state index in [1.807, 2.05) is 18.2 Å². The van der Waals surface area contributed by atoms with Crippen LogP contribution in [0.2, 0.25) is 0 Å². The van der Waals surface area contributed by atoms with Gasteiger partial charge in [0.2, 0.25) is 0 Å². The van der Waals surface area contributed by atoms with Crippen molar-refractivity contribution >= 4 is 25.4 Å². The van der Waals surface area contributed by atoms with Crippen molar-refractivity contribution in [3.8, 4) is 0 Å². The Hall–Kier alpha value is -1.90. The van der Waals surface area contributed by atoms with Gasteiger partial charge in [0.25, 0.3) is 0 Å². The molecule has 2 aromatic carbocycles. The summed E-state index contributed by atoms with van der Waals surface area (Å²) in [5.41, 5.74) is 1.71. The number of hydrogen-bond donors (Lipinski definition) is 1. The van der Waals surface area contributed by atoms with Crippen molar-refractivity contribution in [1.29, 1.82) is 0 Å². The molecule has 0 aliphatic carbocycles. The Bertz CT molecular complexity index is 1050. The lowest BCUT2D eigenvalue weighted by Crippen LogP contribution is -2.43. The van der Waals surface area contributed by atoms with E-state index in [2.05, 4.69) is 22.3 Å². The van der Waals surface area contributed by atoms with Crippen molar-refractivity contribution in [2.45, 2.75) is 41.6 Å². The second-order valence-corrected chi connectivity index (χ2v) is 11.7. The molecule has 0 saturated carbocycles. The zero-order chi connectivity index (χ0) is 21.1. The van der Waals surface area contributed by atoms with Crippen molar-refractivity contribution in [1.82, 2.24) is 4.90 Å². The van der Waals surface area contributed by atoms with Crippen molar-refractivity contribution in [2.24, 2.45) is 0 Å². The molecule has 1 fully saturated rings. The summed E-state index contributed by atoms with van der Waals surface area (Å²) in [6.07, 6.45) is 5.51. The van der Waals surface area contributed by atoms with Gasteiger partial charge < -0.3 is 5.32 Å². The van der Waals surface area contributed by atoms with Crippen LogP contribution in [0.15, 0.2) is 58.3 Å². The van der Waals surface area contributed by atoms with Gasteiger partial charge in [-0.25, -0.2) is 16.8 Å². The summed E-state index contributed by atoms with van der Waals surface area (Å²) in [5, 5.41) is 3.27. The third-order valence-electron chi connectivity index (χ3n) is 5.29. The number of anilines is 1. The molecular weight excluding hydrogens is 408 g/mol. The minimum atomic E-state index is -3.57. The van der Waals surface area contributed by atoms with E-state index in [-0.39, 0.29) is 15.8 Å². The molecule has 158 valence electrons. The first kappa shape index (κ1) is 21.8. The second-order valence-electron chi connectivity index (χ2n) is 7.69. The Labute approximate surface area is 173 Å². The van der Waals surface area contributed by atoms with Gasteiger partial charge in [-0.1, -0.05) is 36.8 Å². The van der Waals surface area contributed by atoms with E-state index >= 15 is 0 Å². The average Bonchev–Trinajstić information content (AvgIpc) is 2.66. The summed E-state index contributed by atoms with van der Waals surface area (Å²) >= 11 is 0. The minimum Gasteiger partial charge on any atom is -0.382 e. The Balaban J connectivity index is 1.78. The lowest BCUT2D eigenvalue weighted by Gasteiger charge is -2.36. The van der Waals surface area contributed by atoms with Crippen LogP contribution in [-0.4, -0.2) is 53.4 Å². The van der Waals surface area contributed by atoms with Crippen LogP contribution in [-0.2, 0) is 26.2 Å². The number of rotatable bonds is 7. The molecule has 1 saturated heterocycles. The van der Waals surface area contributed by atoms with E-state index in [1.54, 1.807) is 6.07 Å². The fraction of sp³-hybridized carbons (Fsp3) is 0.429. The predicted octanol–water partition coefficient (Wildman–Crippen LogP) is 2.96. The van der Waals surface area contributed by atoms with Crippen molar-refractivity contribution in [3.63, 3.8) is 0 Å². The normalized spacial score (nSPS) is 18.5. The van der Waals surface area contributed by atoms with Crippen LogP contribution in [0.5, 0.6) is 0 Å². The molecule has 1 unspecified atom stereocenters. The molecule has 8 heteroatoms. The highest BCUT2D eigenvalue weighted by atomic mass is 32.2. The quantitative estimate of drug-likeness (QED) is 0.718. The second kappa shape index (κ2) is 8.85. The van der Waals surface area contributed by atoms with Crippen LogP contribution in [0.3, 0.4) is 0 Å². The van der Waals surface area contributed by atoms with E-state index in [4.69, 9.17) is 0 Å². The van der Waals surface area contributed by atoms with Crippen molar-refractivity contribution in [2.75, 3.05) is 30.9 Å². The topological polar surface area (TPSA) is 83.6 Å². The SMILES string of the molecule is CS(=O)(=O)c1ccc(NCC2CCCCN2Cc2ccccc2)c(S(C)(=O)=O)c1. The molecule has 1 aliphatic rings. The van der Waals surface area contributed by atoms with Gasteiger partial charge in [0.15, 0.2) is 19.7 Å². The van der Waals surface area contributed by atoms with Crippen LogP contribution in [0.4, 0.5) is 5.69 Å². The zero-order valence-electron chi connectivity index (χ0n) is 16.8. The number of likely N-dealkylation sites (tertiary alicyclic amines) is 1. The summed E-state index contributed by atoms with van der Waals surface area (Å²) in [5.74, 6) is 0. The molecule has 0 bridgehead atoms. The molecule has 1 heterocycles. The third-order valence-corrected chi connectivity index (χ3v) is 7.53. The van der Waals surface area contributed by atoms with Crippen LogP contribution < -0.4 is 5.32 Å². The maximum atomic E-state index is 12.2. The van der Waals surface area contributed by atoms with Gasteiger partial charge in [0.05, 0.1) is 15.5 Å². The lowest BCUT2D eigenvalue weighted by molar-refractivity contribution is 0.148. The third kappa shape index (κ3) is 5.81. The highest BCUT2D eigenvalue weighted by Crippen LogP contribution is 2.26. The van der Waals surface area contributed by atoms with E-state index in [0.717, 1.165) is 44.9 Å². The maximum absolute atomic E-state index is 12.2. The zero-order valence-corrected chi connectivity index (χ0v) is 18.5. The van der Waals surface area contributed by atoms with Crippen molar-refractivity contribution < 1.29 is 16.8 Å². The molecule has 0 amide bonds. The summed E-state index contributed by atoms with van der Waals surface area (Å²) in [7, 11) is -7.05. The first-order valence-corrected chi connectivity index (χ1v) is 13.5. The Morgan fingerprint density at radius 3 is 2.34 bits per heavy atom. The highest BCUT2D eigenvalue weighted by Gasteiger charge is 2.24. The molecule has 6 nitrogen and oxygen atoms in total. The van der Waals surface area contributed by atoms with Crippen LogP contribution in [0.1, 0.15) is 24.8 Å². The first-order chi connectivity index (χ1) is 13.6. The standard InChI is InChI=1S/C21H28N2O4S2/c1-28(24,25)19-11-12-20(21(14-19)29(2,26)27)22-15-18-10-6-7-13-23(18)16-17-8-4-3-5-9-17/h3-5,8-9,11-12,14,18,22H,6-7,10,13,15-16H2,1-2H3. The predicted molar refractivity (Wildman–Crippen MR) is 116 cm³/mol. The Kier molecular flexibility index (Phi) is 6.65. The summed E-state index contributed by atoms with van der Waals surface area (Å²) < 4.78 is 48.1. The monoisotopic (exact) mass is 436 g/mol. The van der Waals surface area contributed by atoms with Crippen molar-refractivity contribution in [3.05, 3.63) is 54.1 Å². The van der Waals surface area contributed by atoms with Crippen LogP contribution in [0, 0.1) is 0 Å². The molecule has 0 spiro atoms. The van der Waals surface area contributed by atoms with Gasteiger partial charge in [-0.15, -0.1) is 0 Å². The summed E-state index contributed by atoms with van der Waals surface area (Å²) in [6.45, 7) is 2.47. The molecule has 0 aromatic heterocycles. The van der Waals surface area contributed by atoms with Gasteiger partial charge in [0.1, 0.15) is 0 Å². The first-order valence-electron chi connectivity index (χ1n) is 9.70. The molecule has 1 aliphatic heterocycles. The fourth-order valence-corrected chi connectivity index (χ4v) is 5.33. The minimum absolute atomic E-state index is 0.00634. The van der Waals surface area contributed by atoms with Gasteiger partial charge in [-0.05, 0) is 43.1 Å². The molecule has 3 rings (SSSR count). The van der Waals surface area contributed by atoms with E-state index < -0.39 is 19.7 Å². The molecular formula is C21H28N2O4S2. The number of nitrogens with zero attached hydrogens (tertiary/aromatic N) is 1. The number of sulfone groups is 2. The van der Waals surface area contributed by atoms with Crippen LogP contribution >= 0.6 is 0 Å². The molecule has 1 atom stereocenters. The largest absolute Gasteiger partial charge is 0.382 e. The molecule has 0 radical (unpaired) electrons. The molecule has 2 aromatic rings. The average molecular weight is 437 g/mol. The highest BCUT2D eigenvalue weighted by molar-refractivity contribution is 7.91. The van der Waals surface area contributed by atoms with E-state index in [1.165, 1.54) is 17.7 Å². The van der Waals surface area contributed by atoms with Gasteiger partial charge in [-0.3, -0.25) is 4.90 Å². The summed E-state index contributed by atoms with van der Waals surface area (Å²) in [4.78, 5) is 2.45. The Morgan fingerprint density at radius 2 is 1.69 bits per heavy atom. The lowest BCUT2D eigenvalue weighted by atomic mass is 10.0. The smallest absolute Gasteiger partial charge is 0.177 e. The maximum Gasteiger partial charge on any atom is 0.177 e. The van der Waals surface area contributed by atoms with E-state index in [9.17, 15) is 16.8 Å².